The summed E-state index contributed by atoms with van der Waals surface area (Å²) in [5.74, 6) is 0.338. The Morgan fingerprint density at radius 2 is 2.07 bits per heavy atom. The average molecular weight is 199 g/mol. The molecule has 1 aliphatic heterocycles. The third-order valence-electron chi connectivity index (χ3n) is 3.36. The van der Waals surface area contributed by atoms with Crippen molar-refractivity contribution >= 4 is 5.78 Å². The van der Waals surface area contributed by atoms with Crippen molar-refractivity contribution in [1.82, 2.24) is 4.90 Å². The zero-order valence-corrected chi connectivity index (χ0v) is 8.54. The normalized spacial score (nSPS) is 35.9. The van der Waals surface area contributed by atoms with E-state index in [1.807, 2.05) is 0 Å². The highest BCUT2D eigenvalue weighted by molar-refractivity contribution is 5.84. The van der Waals surface area contributed by atoms with E-state index in [9.17, 15) is 9.18 Å². The number of hydrogen-bond acceptors (Lipinski definition) is 2. The minimum atomic E-state index is -0.710. The largest absolute Gasteiger partial charge is 0.298 e. The number of ketones is 1. The first-order valence-electron chi connectivity index (χ1n) is 5.68. The van der Waals surface area contributed by atoms with Gasteiger partial charge in [0.2, 0.25) is 0 Å². The lowest BCUT2D eigenvalue weighted by Crippen LogP contribution is -2.48. The van der Waals surface area contributed by atoms with Gasteiger partial charge in [-0.3, -0.25) is 9.69 Å². The number of hydrogen-bond donors (Lipinski definition) is 0. The summed E-state index contributed by atoms with van der Waals surface area (Å²) in [6.07, 6.45) is 4.69. The fraction of sp³-hybridized carbons (Fsp3) is 0.909. The summed E-state index contributed by atoms with van der Waals surface area (Å²) in [5, 5.41) is 0. The standard InChI is InChI=1S/C11H18FNO/c12-9-4-3-7-13(8-9)10-5-1-2-6-11(10)14/h9-10H,1-8H2. The van der Waals surface area contributed by atoms with E-state index in [-0.39, 0.29) is 6.04 Å². The van der Waals surface area contributed by atoms with E-state index in [2.05, 4.69) is 4.90 Å². The predicted molar refractivity (Wildman–Crippen MR) is 53.0 cm³/mol. The van der Waals surface area contributed by atoms with Gasteiger partial charge in [-0.2, -0.15) is 0 Å². The van der Waals surface area contributed by atoms with E-state index in [4.69, 9.17) is 0 Å². The minimum absolute atomic E-state index is 0.0438. The van der Waals surface area contributed by atoms with Crippen LogP contribution in [0, 0.1) is 0 Å². The van der Waals surface area contributed by atoms with E-state index in [1.165, 1.54) is 0 Å². The van der Waals surface area contributed by atoms with Crippen molar-refractivity contribution in [1.29, 1.82) is 0 Å². The number of carbonyl (C=O) groups is 1. The molecule has 0 amide bonds. The van der Waals surface area contributed by atoms with Gasteiger partial charge in [-0.1, -0.05) is 6.42 Å². The number of piperidine rings is 1. The lowest BCUT2D eigenvalue weighted by Gasteiger charge is -2.36. The second-order valence-corrected chi connectivity index (χ2v) is 4.46. The maximum Gasteiger partial charge on any atom is 0.149 e. The van der Waals surface area contributed by atoms with E-state index in [0.29, 0.717) is 25.2 Å². The molecule has 2 nitrogen and oxygen atoms in total. The van der Waals surface area contributed by atoms with Crippen LogP contribution in [0.1, 0.15) is 38.5 Å². The van der Waals surface area contributed by atoms with Crippen LogP contribution in [0.5, 0.6) is 0 Å². The molecule has 0 aromatic heterocycles. The van der Waals surface area contributed by atoms with Crippen LogP contribution in [-0.2, 0) is 4.79 Å². The number of rotatable bonds is 1. The zero-order valence-electron chi connectivity index (χ0n) is 8.54. The van der Waals surface area contributed by atoms with Crippen molar-refractivity contribution in [3.05, 3.63) is 0 Å². The van der Waals surface area contributed by atoms with E-state index < -0.39 is 6.17 Å². The summed E-state index contributed by atoms with van der Waals surface area (Å²) in [7, 11) is 0. The van der Waals surface area contributed by atoms with Gasteiger partial charge in [-0.25, -0.2) is 4.39 Å². The Morgan fingerprint density at radius 3 is 2.79 bits per heavy atom. The summed E-state index contributed by atoms with van der Waals surface area (Å²) in [5.41, 5.74) is 0. The molecule has 2 fully saturated rings. The van der Waals surface area contributed by atoms with E-state index >= 15 is 0 Å². The maximum atomic E-state index is 13.2. The van der Waals surface area contributed by atoms with Crippen LogP contribution in [-0.4, -0.2) is 36.0 Å². The molecule has 0 bridgehead atoms. The minimum Gasteiger partial charge on any atom is -0.298 e. The van der Waals surface area contributed by atoms with Gasteiger partial charge in [-0.15, -0.1) is 0 Å². The molecule has 14 heavy (non-hydrogen) atoms. The first-order valence-corrected chi connectivity index (χ1v) is 5.68. The predicted octanol–water partition coefficient (Wildman–Crippen LogP) is 1.93. The lowest BCUT2D eigenvalue weighted by molar-refractivity contribution is -0.127. The van der Waals surface area contributed by atoms with Gasteiger partial charge in [0, 0.05) is 13.0 Å². The van der Waals surface area contributed by atoms with E-state index in [0.717, 1.165) is 32.2 Å². The number of alkyl halides is 1. The molecule has 1 saturated heterocycles. The van der Waals surface area contributed by atoms with E-state index in [1.54, 1.807) is 0 Å². The number of likely N-dealkylation sites (tertiary alicyclic amines) is 1. The second-order valence-electron chi connectivity index (χ2n) is 4.46. The summed E-state index contributed by atoms with van der Waals surface area (Å²) in [4.78, 5) is 13.7. The van der Waals surface area contributed by atoms with Gasteiger partial charge in [0.1, 0.15) is 12.0 Å². The Bertz CT molecular complexity index is 219. The third-order valence-corrected chi connectivity index (χ3v) is 3.36. The molecule has 3 heteroatoms. The average Bonchev–Trinajstić information content (AvgIpc) is 2.18. The highest BCUT2D eigenvalue weighted by Crippen LogP contribution is 2.23. The highest BCUT2D eigenvalue weighted by atomic mass is 19.1. The van der Waals surface area contributed by atoms with Crippen molar-refractivity contribution in [2.45, 2.75) is 50.7 Å². The molecular weight excluding hydrogens is 181 g/mol. The highest BCUT2D eigenvalue weighted by Gasteiger charge is 2.31. The molecule has 2 atom stereocenters. The Kier molecular flexibility index (Phi) is 3.16. The monoisotopic (exact) mass is 199 g/mol. The number of nitrogens with zero attached hydrogens (tertiary/aromatic N) is 1. The smallest absolute Gasteiger partial charge is 0.149 e. The van der Waals surface area contributed by atoms with Gasteiger partial charge in [-0.05, 0) is 32.2 Å². The van der Waals surface area contributed by atoms with Crippen LogP contribution in [0.15, 0.2) is 0 Å². The Hall–Kier alpha value is -0.440. The fourth-order valence-electron chi connectivity index (χ4n) is 2.59. The van der Waals surface area contributed by atoms with Crippen LogP contribution >= 0.6 is 0 Å². The fourth-order valence-corrected chi connectivity index (χ4v) is 2.59. The molecule has 2 rings (SSSR count). The van der Waals surface area contributed by atoms with Crippen LogP contribution in [0.4, 0.5) is 4.39 Å². The molecule has 2 aliphatic rings. The van der Waals surface area contributed by atoms with Gasteiger partial charge in [0.05, 0.1) is 6.04 Å². The topological polar surface area (TPSA) is 20.3 Å². The zero-order chi connectivity index (χ0) is 9.97. The molecule has 1 heterocycles. The molecule has 1 saturated carbocycles. The summed E-state index contributed by atoms with van der Waals surface area (Å²) in [6, 6.07) is 0.0438. The number of halogens is 1. The lowest BCUT2D eigenvalue weighted by atomic mass is 9.91. The Labute approximate surface area is 84.5 Å². The second kappa shape index (κ2) is 4.39. The molecule has 0 spiro atoms. The van der Waals surface area contributed by atoms with Crippen molar-refractivity contribution in [3.8, 4) is 0 Å². The van der Waals surface area contributed by atoms with Gasteiger partial charge < -0.3 is 0 Å². The Balaban J connectivity index is 1.94. The molecular formula is C11H18FNO. The van der Waals surface area contributed by atoms with Gasteiger partial charge >= 0.3 is 0 Å². The number of carbonyl (C=O) groups excluding carboxylic acids is 1. The quantitative estimate of drug-likeness (QED) is 0.643. The molecule has 0 aromatic carbocycles. The van der Waals surface area contributed by atoms with Crippen LogP contribution < -0.4 is 0 Å². The van der Waals surface area contributed by atoms with Crippen LogP contribution in [0.2, 0.25) is 0 Å². The summed E-state index contributed by atoms with van der Waals surface area (Å²) >= 11 is 0. The van der Waals surface area contributed by atoms with Crippen molar-refractivity contribution in [2.75, 3.05) is 13.1 Å². The van der Waals surface area contributed by atoms with Crippen molar-refractivity contribution in [2.24, 2.45) is 0 Å². The summed E-state index contributed by atoms with van der Waals surface area (Å²) in [6.45, 7) is 1.40. The van der Waals surface area contributed by atoms with Gasteiger partial charge in [0.15, 0.2) is 0 Å². The van der Waals surface area contributed by atoms with Crippen molar-refractivity contribution in [3.63, 3.8) is 0 Å². The summed E-state index contributed by atoms with van der Waals surface area (Å²) < 4.78 is 13.2. The van der Waals surface area contributed by atoms with Crippen molar-refractivity contribution < 1.29 is 9.18 Å². The first-order chi connectivity index (χ1) is 6.77. The van der Waals surface area contributed by atoms with Gasteiger partial charge in [0.25, 0.3) is 0 Å². The third kappa shape index (κ3) is 2.14. The molecule has 0 N–H and O–H groups in total. The SMILES string of the molecule is O=C1CCCCC1N1CCCC(F)C1. The Morgan fingerprint density at radius 1 is 1.21 bits per heavy atom. The van der Waals surface area contributed by atoms with Crippen LogP contribution in [0.3, 0.4) is 0 Å². The number of Topliss-reactive ketones (excluding diaryl/α,β-unsaturated/α-hetero) is 1. The molecule has 0 radical (unpaired) electrons. The molecule has 1 aliphatic carbocycles. The van der Waals surface area contributed by atoms with Crippen LogP contribution in [0.25, 0.3) is 0 Å². The molecule has 80 valence electrons. The molecule has 2 unspecified atom stereocenters. The molecule has 0 aromatic rings. The maximum absolute atomic E-state index is 13.2. The first kappa shape index (κ1) is 10.1.